The van der Waals surface area contributed by atoms with Crippen molar-refractivity contribution in [3.63, 3.8) is 0 Å². The van der Waals surface area contributed by atoms with Crippen LogP contribution in [0.2, 0.25) is 0 Å². The van der Waals surface area contributed by atoms with Crippen molar-refractivity contribution < 1.29 is 37.9 Å². The third-order valence-electron chi connectivity index (χ3n) is 16.0. The van der Waals surface area contributed by atoms with Gasteiger partial charge in [-0.15, -0.1) is 0 Å². The van der Waals surface area contributed by atoms with Crippen molar-refractivity contribution in [3.8, 4) is 0 Å². The van der Waals surface area contributed by atoms with Gasteiger partial charge >= 0.3 is 0 Å². The fraction of sp³-hybridized carbons (Fsp3) is 1.00. The molecule has 9 heteroatoms. The first-order chi connectivity index (χ1) is 22.0. The van der Waals surface area contributed by atoms with E-state index in [1.165, 1.54) is 12.8 Å². The van der Waals surface area contributed by atoms with Crippen LogP contribution in [0.25, 0.3) is 0 Å². The third kappa shape index (κ3) is 4.92. The summed E-state index contributed by atoms with van der Waals surface area (Å²) >= 11 is 0. The van der Waals surface area contributed by atoms with E-state index in [9.17, 15) is 19.0 Å². The molecule has 14 atom stereocenters. The van der Waals surface area contributed by atoms with E-state index in [4.69, 9.17) is 18.9 Å². The van der Waals surface area contributed by atoms with E-state index in [0.717, 1.165) is 38.5 Å². The Morgan fingerprint density at radius 1 is 1.02 bits per heavy atom. The van der Waals surface area contributed by atoms with E-state index in [1.54, 1.807) is 18.7 Å². The molecule has 7 fully saturated rings. The summed E-state index contributed by atoms with van der Waals surface area (Å²) in [4.78, 5) is 1.77. The van der Waals surface area contributed by atoms with Crippen molar-refractivity contribution in [2.24, 2.45) is 50.7 Å². The van der Waals surface area contributed by atoms with Gasteiger partial charge in [0.15, 0.2) is 6.29 Å². The second kappa shape index (κ2) is 11.5. The Morgan fingerprint density at radius 3 is 2.40 bits per heavy atom. The van der Waals surface area contributed by atoms with Crippen molar-refractivity contribution in [2.45, 2.75) is 156 Å². The van der Waals surface area contributed by atoms with Gasteiger partial charge in [-0.25, -0.2) is 8.78 Å². The first kappa shape index (κ1) is 35.0. The minimum atomic E-state index is -2.35. The maximum atomic E-state index is 13.1. The second-order valence-corrected chi connectivity index (χ2v) is 18.7. The normalized spacial score (nSPS) is 51.4. The van der Waals surface area contributed by atoms with Gasteiger partial charge in [-0.3, -0.25) is 4.90 Å². The number of fused-ring (bicyclic) bond motifs is 4. The molecule has 5 saturated carbocycles. The number of hydrogen-bond donors (Lipinski definition) is 2. The second-order valence-electron chi connectivity index (χ2n) is 18.7. The molecule has 0 aromatic rings. The van der Waals surface area contributed by atoms with Crippen LogP contribution in [0.15, 0.2) is 0 Å². The van der Waals surface area contributed by atoms with Gasteiger partial charge < -0.3 is 29.2 Å². The van der Waals surface area contributed by atoms with Crippen LogP contribution in [-0.2, 0) is 18.9 Å². The Kier molecular flexibility index (Phi) is 8.60. The summed E-state index contributed by atoms with van der Waals surface area (Å²) in [5, 5.41) is 23.6. The Balaban J connectivity index is 1.12. The standard InChI is InChI=1S/C38H63F2NO6/c1-9-44-32(34(5,6)43)23-18-22(2)29-30(46-23)31(42)36(8)25-11-10-24-33(3,4)26(47-28-20-41(16-17-45-28)19-27(39)40)12-13-37(24)21-38(25,37)15-14-35(29,36)7/h22-32,42-43H,9-21H2,1-8H3/t22-,23-,24+,25+,26+,28+,29+,30+,31+,32+,35-,36-,37?,38+/m1/s1. The molecule has 0 radical (unpaired) electrons. The van der Waals surface area contributed by atoms with E-state index in [0.29, 0.717) is 44.1 Å². The van der Waals surface area contributed by atoms with Crippen molar-refractivity contribution in [1.82, 2.24) is 4.90 Å². The highest BCUT2D eigenvalue weighted by molar-refractivity contribution is 5.33. The molecule has 2 N–H and O–H groups in total. The van der Waals surface area contributed by atoms with Crippen LogP contribution in [-0.4, -0.2) is 96.8 Å². The maximum absolute atomic E-state index is 13.1. The summed E-state index contributed by atoms with van der Waals surface area (Å²) in [5.74, 6) is 1.59. The smallest absolute Gasteiger partial charge is 0.251 e. The summed E-state index contributed by atoms with van der Waals surface area (Å²) in [6.45, 7) is 19.2. The minimum absolute atomic E-state index is 0.0257. The lowest BCUT2D eigenvalue weighted by Gasteiger charge is -2.64. The lowest BCUT2D eigenvalue weighted by Crippen LogP contribution is -2.60. The van der Waals surface area contributed by atoms with Crippen LogP contribution >= 0.6 is 0 Å². The number of morpholine rings is 1. The lowest BCUT2D eigenvalue weighted by molar-refractivity contribution is -0.250. The molecule has 0 aromatic heterocycles. The fourth-order valence-corrected chi connectivity index (χ4v) is 14.0. The van der Waals surface area contributed by atoms with Gasteiger partial charge in [-0.1, -0.05) is 34.6 Å². The van der Waals surface area contributed by atoms with Gasteiger partial charge in [0.25, 0.3) is 6.43 Å². The average molecular weight is 668 g/mol. The molecule has 47 heavy (non-hydrogen) atoms. The molecule has 1 unspecified atom stereocenters. The zero-order valence-corrected chi connectivity index (χ0v) is 30.3. The first-order valence-corrected chi connectivity index (χ1v) is 18.9. The molecule has 0 aromatic carbocycles. The van der Waals surface area contributed by atoms with Crippen molar-refractivity contribution in [2.75, 3.05) is 32.8 Å². The molecule has 2 heterocycles. The number of hydrogen-bond acceptors (Lipinski definition) is 7. The summed E-state index contributed by atoms with van der Waals surface area (Å²) in [5.41, 5.74) is -0.870. The topological polar surface area (TPSA) is 80.6 Å². The Labute approximate surface area is 281 Å². The van der Waals surface area contributed by atoms with E-state index in [2.05, 4.69) is 34.6 Å². The molecule has 7 aliphatic rings. The molecular formula is C38H63F2NO6. The van der Waals surface area contributed by atoms with Crippen LogP contribution < -0.4 is 0 Å². The monoisotopic (exact) mass is 667 g/mol. The number of aliphatic hydroxyl groups excluding tert-OH is 1. The van der Waals surface area contributed by atoms with Crippen LogP contribution in [0.5, 0.6) is 0 Å². The van der Waals surface area contributed by atoms with Gasteiger partial charge in [-0.05, 0) is 117 Å². The highest BCUT2D eigenvalue weighted by Crippen LogP contribution is 2.89. The zero-order chi connectivity index (χ0) is 33.9. The number of ether oxygens (including phenoxy) is 4. The predicted octanol–water partition coefficient (Wildman–Crippen LogP) is 6.28. The molecule has 270 valence electrons. The quantitative estimate of drug-likeness (QED) is 0.315. The highest BCUT2D eigenvalue weighted by Gasteiger charge is 2.84. The number of rotatable bonds is 8. The van der Waals surface area contributed by atoms with Gasteiger partial charge in [0.2, 0.25) is 0 Å². The van der Waals surface area contributed by atoms with Crippen molar-refractivity contribution >= 4 is 0 Å². The summed E-state index contributed by atoms with van der Waals surface area (Å²) in [6, 6.07) is 0. The Bertz CT molecular complexity index is 1180. The molecular weight excluding hydrogens is 604 g/mol. The van der Waals surface area contributed by atoms with Crippen LogP contribution in [0.4, 0.5) is 8.78 Å². The molecule has 0 bridgehead atoms. The molecule has 7 nitrogen and oxygen atoms in total. The lowest BCUT2D eigenvalue weighted by atomic mass is 9.41. The van der Waals surface area contributed by atoms with E-state index in [-0.39, 0.29) is 57.8 Å². The van der Waals surface area contributed by atoms with Crippen LogP contribution in [0.3, 0.4) is 0 Å². The van der Waals surface area contributed by atoms with E-state index >= 15 is 0 Å². The van der Waals surface area contributed by atoms with Gasteiger partial charge in [0.05, 0.1) is 43.2 Å². The number of alkyl halides is 2. The molecule has 5 aliphatic carbocycles. The van der Waals surface area contributed by atoms with Crippen LogP contribution in [0.1, 0.15) is 107 Å². The molecule has 2 saturated heterocycles. The number of nitrogens with zero attached hydrogens (tertiary/aromatic N) is 1. The van der Waals surface area contributed by atoms with Crippen molar-refractivity contribution in [3.05, 3.63) is 0 Å². The van der Waals surface area contributed by atoms with Crippen LogP contribution in [0, 0.1) is 50.7 Å². The molecule has 2 spiro atoms. The Hall–Kier alpha value is -0.420. The number of aliphatic hydroxyl groups is 2. The Morgan fingerprint density at radius 2 is 1.72 bits per heavy atom. The fourth-order valence-electron chi connectivity index (χ4n) is 14.0. The average Bonchev–Trinajstić information content (AvgIpc) is 3.61. The zero-order valence-electron chi connectivity index (χ0n) is 30.3. The highest BCUT2D eigenvalue weighted by atomic mass is 19.3. The maximum Gasteiger partial charge on any atom is 0.251 e. The van der Waals surface area contributed by atoms with Gasteiger partial charge in [0, 0.05) is 25.1 Å². The largest absolute Gasteiger partial charge is 0.390 e. The van der Waals surface area contributed by atoms with Gasteiger partial charge in [0.1, 0.15) is 6.10 Å². The van der Waals surface area contributed by atoms with Gasteiger partial charge in [-0.2, -0.15) is 0 Å². The summed E-state index contributed by atoms with van der Waals surface area (Å²) in [7, 11) is 0. The SMILES string of the molecule is CCO[C@@H]([C@H]1C[C@@H](C)[C@H]2[C@H](O1)[C@H](O)[C@@]1(C)[C@@H]3CC[C@H]4C(C)(C)[C@@H](O[C@H]5CN(CC(F)F)CCO5)CCC45C[C@@]35CC[C@]21C)C(C)(C)O. The third-order valence-corrected chi connectivity index (χ3v) is 16.0. The van der Waals surface area contributed by atoms with Crippen molar-refractivity contribution in [1.29, 1.82) is 0 Å². The molecule has 7 rings (SSSR count). The van der Waals surface area contributed by atoms with E-state index in [1.807, 2.05) is 6.92 Å². The molecule has 0 amide bonds. The molecule has 2 aliphatic heterocycles. The van der Waals surface area contributed by atoms with E-state index < -0.39 is 30.5 Å². The minimum Gasteiger partial charge on any atom is -0.390 e. The summed E-state index contributed by atoms with van der Waals surface area (Å²) < 4.78 is 51.9. The first-order valence-electron chi connectivity index (χ1n) is 18.9. The predicted molar refractivity (Wildman–Crippen MR) is 175 cm³/mol. The summed E-state index contributed by atoms with van der Waals surface area (Å²) in [6.07, 6.45) is 4.44. The number of halogens is 2.